The van der Waals surface area contributed by atoms with Crippen molar-refractivity contribution in [1.29, 1.82) is 0 Å². The Morgan fingerprint density at radius 3 is 3.06 bits per heavy atom. The van der Waals surface area contributed by atoms with Crippen LogP contribution in [-0.2, 0) is 16.1 Å². The minimum absolute atomic E-state index is 0.0344. The number of carbonyl (C=O) groups excluding carboxylic acids is 1. The molecule has 1 aromatic rings. The number of rotatable bonds is 3. The molecule has 0 saturated carbocycles. The third kappa shape index (κ3) is 2.61. The highest BCUT2D eigenvalue weighted by molar-refractivity contribution is 5.73. The molecular formula is C13H19N3O2. The number of hydrogen-bond donors (Lipinski definition) is 1. The summed E-state index contributed by atoms with van der Waals surface area (Å²) in [5.41, 5.74) is 6.83. The minimum Gasteiger partial charge on any atom is -0.469 e. The molecule has 5 nitrogen and oxygen atoms in total. The lowest BCUT2D eigenvalue weighted by Gasteiger charge is -2.16. The van der Waals surface area contributed by atoms with Crippen LogP contribution in [0.3, 0.4) is 0 Å². The second kappa shape index (κ2) is 5.35. The fraction of sp³-hybridized carbons (Fsp3) is 0.538. The summed E-state index contributed by atoms with van der Waals surface area (Å²) in [7, 11) is 1.44. The lowest BCUT2D eigenvalue weighted by molar-refractivity contribution is -0.146. The maximum absolute atomic E-state index is 11.6. The second-order valence-electron chi connectivity index (χ2n) is 4.85. The summed E-state index contributed by atoms with van der Waals surface area (Å²) in [6, 6.07) is 3.85. The van der Waals surface area contributed by atoms with E-state index < -0.39 is 0 Å². The minimum atomic E-state index is -0.121. The third-order valence-corrected chi connectivity index (χ3v) is 3.51. The molecular weight excluding hydrogens is 230 g/mol. The number of nitrogens with two attached hydrogens (primary N) is 1. The predicted molar refractivity (Wildman–Crippen MR) is 68.6 cm³/mol. The molecule has 2 unspecified atom stereocenters. The maximum atomic E-state index is 11.6. The van der Waals surface area contributed by atoms with Gasteiger partial charge in [-0.2, -0.15) is 0 Å². The number of anilines is 1. The number of nitrogens with zero attached hydrogens (tertiary/aromatic N) is 2. The number of nitrogen functional groups attached to an aromatic ring is 1. The van der Waals surface area contributed by atoms with Crippen molar-refractivity contribution in [2.75, 3.05) is 25.9 Å². The molecule has 1 fully saturated rings. The molecule has 18 heavy (non-hydrogen) atoms. The summed E-state index contributed by atoms with van der Waals surface area (Å²) in [5, 5.41) is 0. The summed E-state index contributed by atoms with van der Waals surface area (Å²) in [6.45, 7) is 4.42. The van der Waals surface area contributed by atoms with E-state index in [0.29, 0.717) is 11.7 Å². The van der Waals surface area contributed by atoms with Gasteiger partial charge in [-0.05, 0) is 12.0 Å². The van der Waals surface area contributed by atoms with Crippen molar-refractivity contribution < 1.29 is 9.53 Å². The Bertz CT molecular complexity index is 436. The van der Waals surface area contributed by atoms with Gasteiger partial charge < -0.3 is 10.5 Å². The quantitative estimate of drug-likeness (QED) is 0.806. The number of aromatic nitrogens is 1. The highest BCUT2D eigenvalue weighted by Gasteiger charge is 2.35. The van der Waals surface area contributed by atoms with E-state index in [1.54, 1.807) is 6.20 Å². The van der Waals surface area contributed by atoms with E-state index in [2.05, 4.69) is 16.8 Å². The van der Waals surface area contributed by atoms with Crippen LogP contribution in [0, 0.1) is 11.8 Å². The molecule has 0 radical (unpaired) electrons. The van der Waals surface area contributed by atoms with Crippen molar-refractivity contribution in [1.82, 2.24) is 9.88 Å². The van der Waals surface area contributed by atoms with E-state index in [1.165, 1.54) is 7.11 Å². The second-order valence-corrected chi connectivity index (χ2v) is 4.85. The van der Waals surface area contributed by atoms with Crippen molar-refractivity contribution in [3.8, 4) is 0 Å². The number of ether oxygens (including phenoxy) is 1. The molecule has 98 valence electrons. The van der Waals surface area contributed by atoms with Crippen LogP contribution in [0.25, 0.3) is 0 Å². The molecule has 5 heteroatoms. The zero-order valence-electron chi connectivity index (χ0n) is 10.8. The Morgan fingerprint density at radius 2 is 2.39 bits per heavy atom. The zero-order valence-corrected chi connectivity index (χ0v) is 10.8. The van der Waals surface area contributed by atoms with Gasteiger partial charge >= 0.3 is 5.97 Å². The summed E-state index contributed by atoms with van der Waals surface area (Å²) in [6.07, 6.45) is 1.68. The van der Waals surface area contributed by atoms with Gasteiger partial charge in [0.1, 0.15) is 5.82 Å². The first-order valence-electron chi connectivity index (χ1n) is 6.11. The molecule has 0 amide bonds. The number of pyridine rings is 1. The van der Waals surface area contributed by atoms with Gasteiger partial charge in [0.2, 0.25) is 0 Å². The summed E-state index contributed by atoms with van der Waals surface area (Å²) >= 11 is 0. The first kappa shape index (κ1) is 12.8. The number of esters is 1. The van der Waals surface area contributed by atoms with Crippen LogP contribution in [0.2, 0.25) is 0 Å². The smallest absolute Gasteiger partial charge is 0.310 e. The Hall–Kier alpha value is -1.62. The van der Waals surface area contributed by atoms with Crippen LogP contribution in [-0.4, -0.2) is 36.1 Å². The molecule has 0 aromatic carbocycles. The van der Waals surface area contributed by atoms with Crippen LogP contribution < -0.4 is 5.73 Å². The van der Waals surface area contributed by atoms with Crippen LogP contribution in [0.4, 0.5) is 5.82 Å². The lowest BCUT2D eigenvalue weighted by Crippen LogP contribution is -2.24. The molecule has 0 bridgehead atoms. The van der Waals surface area contributed by atoms with E-state index in [-0.39, 0.29) is 11.9 Å². The number of hydrogen-bond acceptors (Lipinski definition) is 5. The molecule has 2 N–H and O–H groups in total. The van der Waals surface area contributed by atoms with Gasteiger partial charge in [-0.3, -0.25) is 9.69 Å². The molecule has 1 aromatic heterocycles. The van der Waals surface area contributed by atoms with Crippen molar-refractivity contribution in [3.05, 3.63) is 23.9 Å². The Labute approximate surface area is 107 Å². The molecule has 0 spiro atoms. The third-order valence-electron chi connectivity index (χ3n) is 3.51. The Kier molecular flexibility index (Phi) is 3.81. The topological polar surface area (TPSA) is 68.5 Å². The Morgan fingerprint density at radius 1 is 1.61 bits per heavy atom. The summed E-state index contributed by atoms with van der Waals surface area (Å²) in [5.74, 6) is 0.721. The van der Waals surface area contributed by atoms with Crippen LogP contribution in [0.15, 0.2) is 18.3 Å². The van der Waals surface area contributed by atoms with Gasteiger partial charge in [0, 0.05) is 31.4 Å². The van der Waals surface area contributed by atoms with Gasteiger partial charge in [0.25, 0.3) is 0 Å². The first-order chi connectivity index (χ1) is 8.61. The standard InChI is InChI=1S/C13H19N3O2/c1-9-6-16(8-11(9)13(17)18-2)7-10-4-3-5-15-12(10)14/h3-5,9,11H,6-8H2,1-2H3,(H2,14,15). The average Bonchev–Trinajstić information content (AvgIpc) is 2.72. The van der Waals surface area contributed by atoms with Gasteiger partial charge in [0.15, 0.2) is 0 Å². The van der Waals surface area contributed by atoms with Gasteiger partial charge in [-0.15, -0.1) is 0 Å². The van der Waals surface area contributed by atoms with E-state index in [4.69, 9.17) is 10.5 Å². The summed E-state index contributed by atoms with van der Waals surface area (Å²) < 4.78 is 4.82. The van der Waals surface area contributed by atoms with Crippen molar-refractivity contribution in [3.63, 3.8) is 0 Å². The highest BCUT2D eigenvalue weighted by atomic mass is 16.5. The van der Waals surface area contributed by atoms with Crippen LogP contribution in [0.1, 0.15) is 12.5 Å². The number of methoxy groups -OCH3 is 1. The monoisotopic (exact) mass is 249 g/mol. The molecule has 2 rings (SSSR count). The number of likely N-dealkylation sites (tertiary alicyclic amines) is 1. The van der Waals surface area contributed by atoms with Gasteiger partial charge in [-0.25, -0.2) is 4.98 Å². The van der Waals surface area contributed by atoms with Crippen LogP contribution >= 0.6 is 0 Å². The van der Waals surface area contributed by atoms with Crippen molar-refractivity contribution in [2.45, 2.75) is 13.5 Å². The van der Waals surface area contributed by atoms with Gasteiger partial charge in [0.05, 0.1) is 13.0 Å². The molecule has 2 atom stereocenters. The normalized spacial score (nSPS) is 24.1. The molecule has 2 heterocycles. The average molecular weight is 249 g/mol. The molecule has 1 aliphatic rings. The van der Waals surface area contributed by atoms with E-state index in [0.717, 1.165) is 25.2 Å². The van der Waals surface area contributed by atoms with E-state index in [1.807, 2.05) is 12.1 Å². The first-order valence-corrected chi connectivity index (χ1v) is 6.11. The summed E-state index contributed by atoms with van der Waals surface area (Å²) in [4.78, 5) is 17.9. The lowest BCUT2D eigenvalue weighted by atomic mass is 9.99. The van der Waals surface area contributed by atoms with E-state index >= 15 is 0 Å². The fourth-order valence-corrected chi connectivity index (χ4v) is 2.48. The molecule has 1 saturated heterocycles. The highest BCUT2D eigenvalue weighted by Crippen LogP contribution is 2.26. The predicted octanol–water partition coefficient (Wildman–Crippen LogP) is 0.905. The Balaban J connectivity index is 2.01. The zero-order chi connectivity index (χ0) is 13.1. The van der Waals surface area contributed by atoms with E-state index in [9.17, 15) is 4.79 Å². The van der Waals surface area contributed by atoms with Gasteiger partial charge in [-0.1, -0.05) is 13.0 Å². The SMILES string of the molecule is COC(=O)C1CN(Cc2cccnc2N)CC1C. The largest absolute Gasteiger partial charge is 0.469 e. The maximum Gasteiger partial charge on any atom is 0.310 e. The van der Waals surface area contributed by atoms with Crippen molar-refractivity contribution in [2.24, 2.45) is 11.8 Å². The van der Waals surface area contributed by atoms with Crippen molar-refractivity contribution >= 4 is 11.8 Å². The van der Waals surface area contributed by atoms with Crippen LogP contribution in [0.5, 0.6) is 0 Å². The molecule has 1 aliphatic heterocycles. The number of carbonyl (C=O) groups is 1. The molecule has 0 aliphatic carbocycles. The fourth-order valence-electron chi connectivity index (χ4n) is 2.48.